The number of amides is 1. The van der Waals surface area contributed by atoms with Crippen molar-refractivity contribution < 1.29 is 9.32 Å². The Labute approximate surface area is 186 Å². The molecule has 2 aromatic carbocycles. The van der Waals surface area contributed by atoms with Crippen LogP contribution in [-0.2, 0) is 24.3 Å². The lowest BCUT2D eigenvalue weighted by Crippen LogP contribution is -2.31. The van der Waals surface area contributed by atoms with E-state index in [0.717, 1.165) is 34.5 Å². The Morgan fingerprint density at radius 3 is 2.44 bits per heavy atom. The van der Waals surface area contributed by atoms with Crippen molar-refractivity contribution in [3.05, 3.63) is 76.9 Å². The van der Waals surface area contributed by atoms with Crippen LogP contribution in [0.25, 0.3) is 22.3 Å². The highest BCUT2D eigenvalue weighted by atomic mass is 16.5. The molecule has 0 unspecified atom stereocenters. The molecule has 7 nitrogen and oxygen atoms in total. The number of fused-ring (bicyclic) bond motifs is 1. The minimum absolute atomic E-state index is 0.0211. The fourth-order valence-electron chi connectivity index (χ4n) is 3.98. The summed E-state index contributed by atoms with van der Waals surface area (Å²) in [5.41, 5.74) is 3.55. The Hall–Kier alpha value is -3.61. The standard InChI is InChI=1S/C25H28N4O3/c1-3-28-22-13-7-8-14-23(22)29(25(28)31)17-15-24(30)27(2)16-9-12-20-18-21(26-32-20)19-10-5-4-6-11-19/h4-8,10-11,13-14,18H,3,9,12,15-17H2,1-2H3. The fraction of sp³-hybridized carbons (Fsp3) is 0.320. The predicted molar refractivity (Wildman–Crippen MR) is 124 cm³/mol. The average molecular weight is 433 g/mol. The summed E-state index contributed by atoms with van der Waals surface area (Å²) in [6.07, 6.45) is 1.77. The van der Waals surface area contributed by atoms with Crippen molar-refractivity contribution in [3.8, 4) is 11.3 Å². The molecular weight excluding hydrogens is 404 g/mol. The number of aryl methyl sites for hydroxylation is 3. The van der Waals surface area contributed by atoms with Crippen LogP contribution in [-0.4, -0.2) is 38.7 Å². The zero-order valence-electron chi connectivity index (χ0n) is 18.5. The molecule has 0 saturated heterocycles. The van der Waals surface area contributed by atoms with Gasteiger partial charge in [0.25, 0.3) is 0 Å². The van der Waals surface area contributed by atoms with Gasteiger partial charge in [0, 0.05) is 51.2 Å². The van der Waals surface area contributed by atoms with Crippen LogP contribution < -0.4 is 5.69 Å². The lowest BCUT2D eigenvalue weighted by atomic mass is 10.1. The van der Waals surface area contributed by atoms with Crippen LogP contribution >= 0.6 is 0 Å². The van der Waals surface area contributed by atoms with E-state index in [4.69, 9.17) is 4.52 Å². The predicted octanol–water partition coefficient (Wildman–Crippen LogP) is 3.96. The molecule has 2 aromatic heterocycles. The van der Waals surface area contributed by atoms with Gasteiger partial charge in [0.05, 0.1) is 11.0 Å². The van der Waals surface area contributed by atoms with Crippen LogP contribution in [0.2, 0.25) is 0 Å². The molecule has 0 fully saturated rings. The number of imidazole rings is 1. The van der Waals surface area contributed by atoms with Crippen LogP contribution in [0.5, 0.6) is 0 Å². The van der Waals surface area contributed by atoms with E-state index in [-0.39, 0.29) is 18.0 Å². The molecule has 0 aliphatic carbocycles. The summed E-state index contributed by atoms with van der Waals surface area (Å²) >= 11 is 0. The van der Waals surface area contributed by atoms with Gasteiger partial charge < -0.3 is 9.42 Å². The quantitative estimate of drug-likeness (QED) is 0.401. The number of carbonyl (C=O) groups is 1. The Bertz CT molecular complexity index is 1250. The number of rotatable bonds is 9. The average Bonchev–Trinajstić information content (AvgIpc) is 3.40. The maximum atomic E-state index is 12.7. The Morgan fingerprint density at radius 1 is 1.03 bits per heavy atom. The van der Waals surface area contributed by atoms with E-state index in [0.29, 0.717) is 26.1 Å². The van der Waals surface area contributed by atoms with Crippen LogP contribution in [0.1, 0.15) is 25.5 Å². The van der Waals surface area contributed by atoms with E-state index in [1.807, 2.05) is 67.6 Å². The van der Waals surface area contributed by atoms with Crippen molar-refractivity contribution >= 4 is 16.9 Å². The van der Waals surface area contributed by atoms with E-state index in [1.165, 1.54) is 0 Å². The van der Waals surface area contributed by atoms with Crippen molar-refractivity contribution in [1.29, 1.82) is 0 Å². The van der Waals surface area contributed by atoms with E-state index < -0.39 is 0 Å². The smallest absolute Gasteiger partial charge is 0.329 e. The first kappa shape index (κ1) is 21.6. The van der Waals surface area contributed by atoms with E-state index in [2.05, 4.69) is 5.16 Å². The number of aromatic nitrogens is 3. The number of hydrogen-bond acceptors (Lipinski definition) is 4. The molecule has 0 spiro atoms. The molecule has 0 aliphatic rings. The van der Waals surface area contributed by atoms with Gasteiger partial charge in [-0.3, -0.25) is 13.9 Å². The molecule has 7 heteroatoms. The van der Waals surface area contributed by atoms with Gasteiger partial charge in [-0.25, -0.2) is 4.79 Å². The number of benzene rings is 2. The number of nitrogens with zero attached hydrogens (tertiary/aromatic N) is 4. The molecule has 0 bridgehead atoms. The van der Waals surface area contributed by atoms with Gasteiger partial charge in [0.15, 0.2) is 0 Å². The summed E-state index contributed by atoms with van der Waals surface area (Å²) in [6.45, 7) is 3.55. The van der Waals surface area contributed by atoms with E-state index >= 15 is 0 Å². The molecule has 0 radical (unpaired) electrons. The summed E-state index contributed by atoms with van der Waals surface area (Å²) in [6, 6.07) is 19.6. The van der Waals surface area contributed by atoms with Crippen molar-refractivity contribution in [3.63, 3.8) is 0 Å². The molecule has 0 saturated carbocycles. The van der Waals surface area contributed by atoms with Crippen molar-refractivity contribution in [2.45, 2.75) is 39.3 Å². The Balaban J connectivity index is 1.30. The van der Waals surface area contributed by atoms with Gasteiger partial charge in [-0.05, 0) is 25.5 Å². The Kier molecular flexibility index (Phi) is 6.54. The summed E-state index contributed by atoms with van der Waals surface area (Å²) in [5.74, 6) is 0.830. The number of hydrogen-bond donors (Lipinski definition) is 0. The van der Waals surface area contributed by atoms with Gasteiger partial charge in [0.2, 0.25) is 5.91 Å². The molecule has 166 valence electrons. The van der Waals surface area contributed by atoms with E-state index in [1.54, 1.807) is 21.1 Å². The van der Waals surface area contributed by atoms with Gasteiger partial charge in [-0.15, -0.1) is 0 Å². The summed E-state index contributed by atoms with van der Waals surface area (Å²) in [4.78, 5) is 27.1. The maximum absolute atomic E-state index is 12.7. The lowest BCUT2D eigenvalue weighted by Gasteiger charge is -2.16. The molecule has 4 rings (SSSR count). The summed E-state index contributed by atoms with van der Waals surface area (Å²) in [5, 5.41) is 4.13. The highest BCUT2D eigenvalue weighted by Crippen LogP contribution is 2.19. The van der Waals surface area contributed by atoms with Crippen LogP contribution in [0, 0.1) is 0 Å². The van der Waals surface area contributed by atoms with Crippen molar-refractivity contribution in [2.24, 2.45) is 0 Å². The Morgan fingerprint density at radius 2 is 1.72 bits per heavy atom. The van der Waals surface area contributed by atoms with Gasteiger partial charge in [0.1, 0.15) is 11.5 Å². The third-order valence-corrected chi connectivity index (χ3v) is 5.76. The zero-order valence-corrected chi connectivity index (χ0v) is 18.5. The van der Waals surface area contributed by atoms with Crippen LogP contribution in [0.15, 0.2) is 70.0 Å². The summed E-state index contributed by atoms with van der Waals surface area (Å²) < 4.78 is 8.88. The zero-order chi connectivity index (χ0) is 22.5. The molecule has 4 aromatic rings. The minimum Gasteiger partial charge on any atom is -0.361 e. The highest BCUT2D eigenvalue weighted by Gasteiger charge is 2.15. The van der Waals surface area contributed by atoms with Crippen molar-refractivity contribution in [2.75, 3.05) is 13.6 Å². The number of carbonyl (C=O) groups excluding carboxylic acids is 1. The third-order valence-electron chi connectivity index (χ3n) is 5.76. The molecule has 0 N–H and O–H groups in total. The minimum atomic E-state index is -0.0660. The fourth-order valence-corrected chi connectivity index (χ4v) is 3.98. The molecule has 1 amide bonds. The maximum Gasteiger partial charge on any atom is 0.329 e. The first-order valence-electron chi connectivity index (χ1n) is 11.0. The molecule has 0 aliphatic heterocycles. The topological polar surface area (TPSA) is 73.3 Å². The molecule has 32 heavy (non-hydrogen) atoms. The van der Waals surface area contributed by atoms with Crippen molar-refractivity contribution in [1.82, 2.24) is 19.2 Å². The van der Waals surface area contributed by atoms with Gasteiger partial charge >= 0.3 is 5.69 Å². The second-order valence-electron chi connectivity index (χ2n) is 7.88. The first-order chi connectivity index (χ1) is 15.6. The second kappa shape index (κ2) is 9.68. The lowest BCUT2D eigenvalue weighted by molar-refractivity contribution is -0.130. The SMILES string of the molecule is CCn1c(=O)n(CCC(=O)N(C)CCCc2cc(-c3ccccc3)no2)c2ccccc21. The van der Waals surface area contributed by atoms with Gasteiger partial charge in [-0.1, -0.05) is 47.6 Å². The third kappa shape index (κ3) is 4.51. The molecule has 0 atom stereocenters. The molecular formula is C25H28N4O3. The second-order valence-corrected chi connectivity index (χ2v) is 7.88. The molecule has 2 heterocycles. The van der Waals surface area contributed by atoms with Gasteiger partial charge in [-0.2, -0.15) is 0 Å². The first-order valence-corrected chi connectivity index (χ1v) is 11.0. The summed E-state index contributed by atoms with van der Waals surface area (Å²) in [7, 11) is 1.80. The normalized spacial score (nSPS) is 11.2. The number of para-hydroxylation sites is 2. The highest BCUT2D eigenvalue weighted by molar-refractivity contribution is 5.78. The monoisotopic (exact) mass is 432 g/mol. The van der Waals surface area contributed by atoms with E-state index in [9.17, 15) is 9.59 Å². The van der Waals surface area contributed by atoms with Crippen LogP contribution in [0.4, 0.5) is 0 Å². The largest absolute Gasteiger partial charge is 0.361 e. The van der Waals surface area contributed by atoms with Crippen LogP contribution in [0.3, 0.4) is 0 Å².